The molecule has 2 aliphatic rings. The van der Waals surface area contributed by atoms with Crippen molar-refractivity contribution in [2.24, 2.45) is 0 Å². The van der Waals surface area contributed by atoms with Crippen LogP contribution in [0.15, 0.2) is 18.2 Å². The van der Waals surface area contributed by atoms with Gasteiger partial charge in [0, 0.05) is 37.8 Å². The van der Waals surface area contributed by atoms with Crippen LogP contribution in [0.1, 0.15) is 10.4 Å². The summed E-state index contributed by atoms with van der Waals surface area (Å²) in [6, 6.07) is 3.73. The lowest BCUT2D eigenvalue weighted by atomic mass is 10.1. The Morgan fingerprint density at radius 1 is 1.20 bits per heavy atom. The van der Waals surface area contributed by atoms with Crippen LogP contribution in [0.3, 0.4) is 0 Å². The Hall–Kier alpha value is -2.44. The predicted molar refractivity (Wildman–Crippen MR) is 69.6 cm³/mol. The Bertz CT molecular complexity index is 554. The van der Waals surface area contributed by atoms with Gasteiger partial charge in [0.15, 0.2) is 0 Å². The van der Waals surface area contributed by atoms with E-state index in [1.807, 2.05) is 0 Å². The van der Waals surface area contributed by atoms with Crippen LogP contribution in [0.25, 0.3) is 0 Å². The highest BCUT2D eigenvalue weighted by Gasteiger charge is 2.37. The molecule has 106 valence electrons. The maximum Gasteiger partial charge on any atom is 0.317 e. The van der Waals surface area contributed by atoms with Gasteiger partial charge >= 0.3 is 6.03 Å². The van der Waals surface area contributed by atoms with Crippen LogP contribution in [-0.2, 0) is 0 Å². The summed E-state index contributed by atoms with van der Waals surface area (Å²) in [5.41, 5.74) is 0.244. The highest BCUT2D eigenvalue weighted by Crippen LogP contribution is 2.23. The largest absolute Gasteiger partial charge is 0.508 e. The van der Waals surface area contributed by atoms with Crippen LogP contribution in [0.2, 0.25) is 0 Å². The second-order valence-corrected chi connectivity index (χ2v) is 5.02. The normalized spacial score (nSPS) is 21.6. The second kappa shape index (κ2) is 4.59. The number of nitrogens with one attached hydrogen (secondary N) is 1. The summed E-state index contributed by atoms with van der Waals surface area (Å²) in [6.45, 7) is 1.92. The molecule has 0 spiro atoms. The van der Waals surface area contributed by atoms with Crippen molar-refractivity contribution in [3.05, 3.63) is 23.8 Å². The summed E-state index contributed by atoms with van der Waals surface area (Å²) in [7, 11) is 0. The number of hydrogen-bond donors (Lipinski definition) is 3. The number of piperazine rings is 1. The molecule has 2 aliphatic heterocycles. The molecule has 2 saturated heterocycles. The van der Waals surface area contributed by atoms with Gasteiger partial charge in [-0.15, -0.1) is 0 Å². The number of hydrogen-bond acceptors (Lipinski definition) is 4. The van der Waals surface area contributed by atoms with Gasteiger partial charge < -0.3 is 25.3 Å². The maximum absolute atomic E-state index is 12.4. The van der Waals surface area contributed by atoms with E-state index in [1.54, 1.807) is 9.80 Å². The number of carbonyl (C=O) groups is 2. The smallest absolute Gasteiger partial charge is 0.317 e. The molecule has 0 aliphatic carbocycles. The van der Waals surface area contributed by atoms with Crippen LogP contribution >= 0.6 is 0 Å². The minimum absolute atomic E-state index is 0.00824. The Morgan fingerprint density at radius 3 is 2.60 bits per heavy atom. The molecule has 2 fully saturated rings. The topological polar surface area (TPSA) is 93.1 Å². The predicted octanol–water partition coefficient (Wildman–Crippen LogP) is -0.0526. The van der Waals surface area contributed by atoms with Gasteiger partial charge in [0.1, 0.15) is 11.5 Å². The van der Waals surface area contributed by atoms with E-state index < -0.39 is 0 Å². The van der Waals surface area contributed by atoms with E-state index in [0.29, 0.717) is 26.2 Å². The van der Waals surface area contributed by atoms with E-state index in [2.05, 4.69) is 5.32 Å². The third-order valence-electron chi connectivity index (χ3n) is 3.67. The van der Waals surface area contributed by atoms with E-state index in [-0.39, 0.29) is 35.0 Å². The van der Waals surface area contributed by atoms with Crippen molar-refractivity contribution in [3.63, 3.8) is 0 Å². The van der Waals surface area contributed by atoms with Gasteiger partial charge in [0.05, 0.1) is 6.04 Å². The van der Waals surface area contributed by atoms with E-state index in [4.69, 9.17) is 0 Å². The van der Waals surface area contributed by atoms with Crippen LogP contribution in [-0.4, -0.2) is 64.2 Å². The Balaban J connectivity index is 1.76. The van der Waals surface area contributed by atoms with Crippen LogP contribution < -0.4 is 5.32 Å². The van der Waals surface area contributed by atoms with Gasteiger partial charge in [-0.3, -0.25) is 4.79 Å². The fourth-order valence-corrected chi connectivity index (χ4v) is 2.69. The minimum atomic E-state index is -0.254. The van der Waals surface area contributed by atoms with Crippen molar-refractivity contribution in [1.29, 1.82) is 0 Å². The molecule has 1 aromatic carbocycles. The number of aromatic hydroxyl groups is 2. The maximum atomic E-state index is 12.4. The fraction of sp³-hybridized carbons (Fsp3) is 0.385. The minimum Gasteiger partial charge on any atom is -0.508 e. The quantitative estimate of drug-likeness (QED) is 0.671. The van der Waals surface area contributed by atoms with Crippen molar-refractivity contribution in [2.45, 2.75) is 6.04 Å². The number of amides is 3. The van der Waals surface area contributed by atoms with Crippen molar-refractivity contribution < 1.29 is 19.8 Å². The van der Waals surface area contributed by atoms with Gasteiger partial charge in [0.25, 0.3) is 5.91 Å². The average Bonchev–Trinajstić information content (AvgIpc) is 2.78. The zero-order valence-corrected chi connectivity index (χ0v) is 10.7. The molecule has 20 heavy (non-hydrogen) atoms. The first-order valence-electron chi connectivity index (χ1n) is 6.41. The summed E-state index contributed by atoms with van der Waals surface area (Å²) in [5, 5.41) is 21.6. The number of benzene rings is 1. The third-order valence-corrected chi connectivity index (χ3v) is 3.67. The molecule has 3 rings (SSSR count). The van der Waals surface area contributed by atoms with E-state index >= 15 is 0 Å². The molecule has 0 radical (unpaired) electrons. The molecule has 1 aromatic rings. The molecule has 2 heterocycles. The first-order chi connectivity index (χ1) is 9.54. The molecule has 3 N–H and O–H groups in total. The summed E-state index contributed by atoms with van der Waals surface area (Å²) in [5.74, 6) is -0.551. The molecule has 1 unspecified atom stereocenters. The van der Waals surface area contributed by atoms with Gasteiger partial charge in [-0.05, 0) is 12.1 Å². The van der Waals surface area contributed by atoms with Crippen molar-refractivity contribution in [3.8, 4) is 11.5 Å². The average molecular weight is 277 g/mol. The van der Waals surface area contributed by atoms with Gasteiger partial charge in [-0.25, -0.2) is 4.79 Å². The standard InChI is InChI=1S/C13H15N3O4/c17-10-3-8(4-11(18)5-10)12(19)15-1-2-16-9(7-15)6-14-13(16)20/h3-5,9,17-18H,1-2,6-7H2,(H,14,20). The number of phenols is 2. The monoisotopic (exact) mass is 277 g/mol. The molecule has 7 heteroatoms. The molecule has 1 atom stereocenters. The Kier molecular flexibility index (Phi) is 2.89. The van der Waals surface area contributed by atoms with Gasteiger partial charge in [-0.2, -0.15) is 0 Å². The first kappa shape index (κ1) is 12.6. The first-order valence-corrected chi connectivity index (χ1v) is 6.41. The van der Waals surface area contributed by atoms with Crippen LogP contribution in [0.5, 0.6) is 11.5 Å². The van der Waals surface area contributed by atoms with Gasteiger partial charge in [0.2, 0.25) is 0 Å². The molecule has 3 amide bonds. The van der Waals surface area contributed by atoms with E-state index in [1.165, 1.54) is 18.2 Å². The van der Waals surface area contributed by atoms with Crippen molar-refractivity contribution in [2.75, 3.05) is 26.2 Å². The molecule has 0 aromatic heterocycles. The highest BCUT2D eigenvalue weighted by molar-refractivity contribution is 5.95. The third kappa shape index (κ3) is 2.11. The Labute approximate surface area is 115 Å². The number of fused-ring (bicyclic) bond motifs is 1. The fourth-order valence-electron chi connectivity index (χ4n) is 2.69. The summed E-state index contributed by atoms with van der Waals surface area (Å²) in [6.07, 6.45) is 0. The lowest BCUT2D eigenvalue weighted by Crippen LogP contribution is -2.53. The molecule has 0 bridgehead atoms. The SMILES string of the molecule is O=C(c1cc(O)cc(O)c1)N1CCN2C(=O)NCC2C1. The summed E-state index contributed by atoms with van der Waals surface area (Å²) in [4.78, 5) is 27.2. The molecular formula is C13H15N3O4. The lowest BCUT2D eigenvalue weighted by Gasteiger charge is -2.36. The molecule has 7 nitrogen and oxygen atoms in total. The Morgan fingerprint density at radius 2 is 1.90 bits per heavy atom. The van der Waals surface area contributed by atoms with Gasteiger partial charge in [-0.1, -0.05) is 0 Å². The lowest BCUT2D eigenvalue weighted by molar-refractivity contribution is 0.0616. The molecular weight excluding hydrogens is 262 g/mol. The number of nitrogens with zero attached hydrogens (tertiary/aromatic N) is 2. The van der Waals surface area contributed by atoms with E-state index in [9.17, 15) is 19.8 Å². The zero-order valence-electron chi connectivity index (χ0n) is 10.7. The van der Waals surface area contributed by atoms with Crippen LogP contribution in [0, 0.1) is 0 Å². The zero-order chi connectivity index (χ0) is 14.3. The van der Waals surface area contributed by atoms with Crippen molar-refractivity contribution in [1.82, 2.24) is 15.1 Å². The van der Waals surface area contributed by atoms with E-state index in [0.717, 1.165) is 0 Å². The number of phenolic OH excluding ortho intramolecular Hbond substituents is 2. The van der Waals surface area contributed by atoms with Crippen LogP contribution in [0.4, 0.5) is 4.79 Å². The number of carbonyl (C=O) groups excluding carboxylic acids is 2. The highest BCUT2D eigenvalue weighted by atomic mass is 16.3. The second-order valence-electron chi connectivity index (χ2n) is 5.02. The molecule has 0 saturated carbocycles. The summed E-state index contributed by atoms with van der Waals surface area (Å²) < 4.78 is 0. The summed E-state index contributed by atoms with van der Waals surface area (Å²) >= 11 is 0. The van der Waals surface area contributed by atoms with Crippen molar-refractivity contribution >= 4 is 11.9 Å². The number of urea groups is 1. The number of rotatable bonds is 1.